The summed E-state index contributed by atoms with van der Waals surface area (Å²) < 4.78 is 0. The van der Waals surface area contributed by atoms with E-state index in [4.69, 9.17) is 0 Å². The van der Waals surface area contributed by atoms with Crippen molar-refractivity contribution in [2.45, 2.75) is 149 Å². The summed E-state index contributed by atoms with van der Waals surface area (Å²) in [5, 5.41) is 12.5. The predicted molar refractivity (Wildman–Crippen MR) is 127 cm³/mol. The molecule has 0 aliphatic carbocycles. The third-order valence-electron chi connectivity index (χ3n) is 6.05. The van der Waals surface area contributed by atoms with Gasteiger partial charge in [-0.2, -0.15) is 0 Å². The van der Waals surface area contributed by atoms with Gasteiger partial charge in [0.05, 0.1) is 13.1 Å². The summed E-state index contributed by atoms with van der Waals surface area (Å²) in [6.45, 7) is 8.60. The number of hydrogen-bond acceptors (Lipinski definition) is 1. The molecule has 0 aliphatic rings. The fourth-order valence-corrected chi connectivity index (χ4v) is 4.05. The summed E-state index contributed by atoms with van der Waals surface area (Å²) in [5.74, 6) is 0.868. The quantitative estimate of drug-likeness (QED) is 0.138. The molecule has 170 valence electrons. The minimum atomic E-state index is 0.518. The van der Waals surface area contributed by atoms with Gasteiger partial charge in [-0.1, -0.05) is 124 Å². The molecule has 28 heavy (non-hydrogen) atoms. The van der Waals surface area contributed by atoms with E-state index in [1.165, 1.54) is 116 Å². The van der Waals surface area contributed by atoms with E-state index in [2.05, 4.69) is 20.8 Å². The van der Waals surface area contributed by atoms with Gasteiger partial charge in [-0.15, -0.1) is 0 Å². The molecule has 0 aromatic heterocycles. The second-order valence-corrected chi connectivity index (χ2v) is 9.59. The van der Waals surface area contributed by atoms with Crippen LogP contribution in [-0.2, 0) is 0 Å². The summed E-state index contributed by atoms with van der Waals surface area (Å²) in [6, 6.07) is 0. The summed E-state index contributed by atoms with van der Waals surface area (Å²) in [6.07, 6.45) is 27.1. The van der Waals surface area contributed by atoms with Crippen LogP contribution in [0.5, 0.6) is 0 Å². The van der Waals surface area contributed by atoms with Crippen molar-refractivity contribution in [1.82, 2.24) is 0 Å². The number of hydroxylamine groups is 2. The predicted octanol–water partition coefficient (Wildman–Crippen LogP) is 7.85. The summed E-state index contributed by atoms with van der Waals surface area (Å²) in [7, 11) is 0. The molecule has 0 aliphatic heterocycles. The van der Waals surface area contributed by atoms with Crippen LogP contribution in [0.4, 0.5) is 0 Å². The third kappa shape index (κ3) is 24.0. The third-order valence-corrected chi connectivity index (χ3v) is 6.05. The summed E-state index contributed by atoms with van der Waals surface area (Å²) >= 11 is 0. The van der Waals surface area contributed by atoms with Crippen LogP contribution < -0.4 is 5.06 Å². The standard InChI is InChI=1S/C26H55NO/c1-4-5-6-7-8-9-12-15-18-21-24-27(28)25-22-19-16-13-10-11-14-17-20-23-26(2)3/h26-27H,4-25H2,1-3H3. The second kappa shape index (κ2) is 23.2. The Morgan fingerprint density at radius 2 is 0.821 bits per heavy atom. The van der Waals surface area contributed by atoms with Gasteiger partial charge in [0.25, 0.3) is 0 Å². The molecule has 0 saturated carbocycles. The zero-order chi connectivity index (χ0) is 20.7. The molecule has 0 fully saturated rings. The lowest BCUT2D eigenvalue weighted by Gasteiger charge is -2.22. The molecule has 0 aromatic rings. The van der Waals surface area contributed by atoms with Crippen molar-refractivity contribution in [3.63, 3.8) is 0 Å². The van der Waals surface area contributed by atoms with Crippen molar-refractivity contribution in [1.29, 1.82) is 0 Å². The van der Waals surface area contributed by atoms with Gasteiger partial charge in [0.2, 0.25) is 0 Å². The molecule has 0 radical (unpaired) electrons. The fraction of sp³-hybridized carbons (Fsp3) is 1.00. The first-order chi connectivity index (χ1) is 13.7. The van der Waals surface area contributed by atoms with Gasteiger partial charge >= 0.3 is 0 Å². The number of unbranched alkanes of at least 4 members (excludes halogenated alkanes) is 17. The van der Waals surface area contributed by atoms with E-state index in [1.807, 2.05) is 0 Å². The molecule has 1 atom stereocenters. The first-order valence-corrected chi connectivity index (χ1v) is 13.2. The van der Waals surface area contributed by atoms with Crippen molar-refractivity contribution in [2.24, 2.45) is 5.92 Å². The molecule has 0 bridgehead atoms. The molecular formula is C26H55NO. The van der Waals surface area contributed by atoms with Crippen LogP contribution in [-0.4, -0.2) is 13.1 Å². The molecule has 0 amide bonds. The monoisotopic (exact) mass is 397 g/mol. The van der Waals surface area contributed by atoms with Gasteiger partial charge in [-0.3, -0.25) is 0 Å². The van der Waals surface area contributed by atoms with E-state index in [0.717, 1.165) is 31.8 Å². The maximum Gasteiger partial charge on any atom is 0.0768 e. The molecule has 0 spiro atoms. The topological polar surface area (TPSA) is 27.5 Å². The van der Waals surface area contributed by atoms with E-state index < -0.39 is 0 Å². The zero-order valence-electron chi connectivity index (χ0n) is 20.0. The highest BCUT2D eigenvalue weighted by Crippen LogP contribution is 2.13. The smallest absolute Gasteiger partial charge is 0.0768 e. The highest BCUT2D eigenvalue weighted by atomic mass is 16.5. The van der Waals surface area contributed by atoms with Crippen LogP contribution in [0.15, 0.2) is 0 Å². The number of quaternary nitrogens is 1. The Morgan fingerprint density at radius 1 is 0.500 bits per heavy atom. The van der Waals surface area contributed by atoms with Crippen LogP contribution in [0.2, 0.25) is 0 Å². The van der Waals surface area contributed by atoms with Crippen LogP contribution in [0.1, 0.15) is 149 Å². The molecular weight excluding hydrogens is 342 g/mol. The molecule has 2 heteroatoms. The number of hydrogen-bond donors (Lipinski definition) is 1. The number of nitrogens with one attached hydrogen (secondary N) is 1. The van der Waals surface area contributed by atoms with Gasteiger partial charge in [0.15, 0.2) is 0 Å². The average Bonchev–Trinajstić information content (AvgIpc) is 2.67. The van der Waals surface area contributed by atoms with Gasteiger partial charge in [-0.25, -0.2) is 0 Å². The lowest BCUT2D eigenvalue weighted by atomic mass is 10.0. The molecule has 2 nitrogen and oxygen atoms in total. The van der Waals surface area contributed by atoms with Crippen molar-refractivity contribution in [2.75, 3.05) is 13.1 Å². The second-order valence-electron chi connectivity index (χ2n) is 9.59. The molecule has 0 aromatic carbocycles. The molecule has 1 N–H and O–H groups in total. The maximum atomic E-state index is 12.0. The first kappa shape index (κ1) is 27.9. The van der Waals surface area contributed by atoms with Crippen LogP contribution in [0.3, 0.4) is 0 Å². The molecule has 0 rings (SSSR count). The van der Waals surface area contributed by atoms with Crippen molar-refractivity contribution in [3.8, 4) is 0 Å². The lowest BCUT2D eigenvalue weighted by molar-refractivity contribution is -0.848. The van der Waals surface area contributed by atoms with E-state index in [9.17, 15) is 5.21 Å². The highest BCUT2D eigenvalue weighted by molar-refractivity contribution is 4.50. The first-order valence-electron chi connectivity index (χ1n) is 13.2. The van der Waals surface area contributed by atoms with Crippen molar-refractivity contribution < 1.29 is 5.06 Å². The van der Waals surface area contributed by atoms with Crippen LogP contribution in [0.25, 0.3) is 0 Å². The Morgan fingerprint density at radius 3 is 1.18 bits per heavy atom. The SMILES string of the molecule is CCCCCCCCCCCC[NH+]([O-])CCCCCCCCCCCC(C)C. The van der Waals surface area contributed by atoms with Gasteiger partial charge in [-0.05, 0) is 31.6 Å². The molecule has 0 saturated heterocycles. The normalized spacial score (nSPS) is 12.8. The Bertz CT molecular complexity index is 280. The zero-order valence-corrected chi connectivity index (χ0v) is 20.0. The largest absolute Gasteiger partial charge is 0.634 e. The Hall–Kier alpha value is -0.0800. The van der Waals surface area contributed by atoms with Gasteiger partial charge in [0.1, 0.15) is 0 Å². The van der Waals surface area contributed by atoms with E-state index in [-0.39, 0.29) is 0 Å². The maximum absolute atomic E-state index is 12.0. The Balaban J connectivity index is 3.14. The van der Waals surface area contributed by atoms with Crippen LogP contribution in [0, 0.1) is 11.1 Å². The fourth-order valence-electron chi connectivity index (χ4n) is 4.05. The van der Waals surface area contributed by atoms with E-state index in [1.54, 1.807) is 0 Å². The van der Waals surface area contributed by atoms with Crippen molar-refractivity contribution >= 4 is 0 Å². The average molecular weight is 398 g/mol. The number of rotatable bonds is 23. The van der Waals surface area contributed by atoms with Gasteiger partial charge < -0.3 is 10.3 Å². The Kier molecular flexibility index (Phi) is 23.1. The van der Waals surface area contributed by atoms with Crippen molar-refractivity contribution in [3.05, 3.63) is 5.21 Å². The van der Waals surface area contributed by atoms with Crippen LogP contribution >= 0.6 is 0 Å². The van der Waals surface area contributed by atoms with Gasteiger partial charge in [0, 0.05) is 0 Å². The van der Waals surface area contributed by atoms with E-state index >= 15 is 0 Å². The highest BCUT2D eigenvalue weighted by Gasteiger charge is 1.99. The lowest BCUT2D eigenvalue weighted by Crippen LogP contribution is -3.07. The Labute approximate surface area is 178 Å². The molecule has 1 unspecified atom stereocenters. The minimum Gasteiger partial charge on any atom is -0.634 e. The van der Waals surface area contributed by atoms with E-state index in [0.29, 0.717) is 5.06 Å². The summed E-state index contributed by atoms with van der Waals surface area (Å²) in [4.78, 5) is 0. The molecule has 0 heterocycles. The summed E-state index contributed by atoms with van der Waals surface area (Å²) in [5.41, 5.74) is 0. The minimum absolute atomic E-state index is 0.518.